The topological polar surface area (TPSA) is 105 Å². The first kappa shape index (κ1) is 31.8. The maximum Gasteiger partial charge on any atom is 0.338 e. The molecule has 1 heterocycles. The van der Waals surface area contributed by atoms with Crippen LogP contribution in [0.2, 0.25) is 0 Å². The molecule has 10 nitrogen and oxygen atoms in total. The zero-order valence-electron chi connectivity index (χ0n) is 27.8. The Morgan fingerprint density at radius 3 is 2.31 bits per heavy atom. The van der Waals surface area contributed by atoms with Gasteiger partial charge in [-0.2, -0.15) is 0 Å². The first-order valence-electron chi connectivity index (χ1n) is 16.7. The van der Waals surface area contributed by atoms with Crippen LogP contribution in [-0.4, -0.2) is 119 Å². The summed E-state index contributed by atoms with van der Waals surface area (Å²) in [6.07, 6.45) is 1.21. The molecule has 13 atom stereocenters. The Labute approximate surface area is 266 Å². The molecular formula is C35H51NO9. The number of likely N-dealkylation sites (tertiary alicyclic amines) is 1. The number of benzene rings is 1. The Kier molecular flexibility index (Phi) is 7.87. The van der Waals surface area contributed by atoms with Crippen LogP contribution in [0.1, 0.15) is 49.9 Å². The van der Waals surface area contributed by atoms with Gasteiger partial charge in [-0.3, -0.25) is 4.90 Å². The fraction of sp³-hybridized carbons (Fsp3) is 0.800. The molecule has 1 aromatic carbocycles. The van der Waals surface area contributed by atoms with Crippen molar-refractivity contribution >= 4 is 5.97 Å². The number of carbonyl (C=O) groups excluding carboxylic acids is 1. The molecule has 45 heavy (non-hydrogen) atoms. The Hall–Kier alpha value is -1.79. The lowest BCUT2D eigenvalue weighted by atomic mass is 9.43. The van der Waals surface area contributed by atoms with E-state index in [0.29, 0.717) is 37.4 Å². The van der Waals surface area contributed by atoms with Gasteiger partial charge in [0.15, 0.2) is 0 Å². The molecule has 1 saturated heterocycles. The number of hydrogen-bond donors (Lipinski definition) is 1. The minimum absolute atomic E-state index is 0.0504. The number of nitrogens with zero attached hydrogens (tertiary/aromatic N) is 1. The van der Waals surface area contributed by atoms with Gasteiger partial charge in [0.25, 0.3) is 0 Å². The molecule has 1 N–H and O–H groups in total. The SMILES string of the molecule is CCO[C@]12C[C@H](OC)[C@@]3(O)C[C@H]([C@@H]1[C@H]3OC(=O)c1ccc(OC)cc1)[C@@]13[C@@H](OC)CC[C@@]4(COC)CN(CC)[C@@H]1[C@@H]2[C@H](OC)[C@H]43. The summed E-state index contributed by atoms with van der Waals surface area (Å²) in [5, 5.41) is 12.8. The lowest BCUT2D eigenvalue weighted by Crippen LogP contribution is -2.77. The van der Waals surface area contributed by atoms with Crippen molar-refractivity contribution in [3.8, 4) is 5.75 Å². The first-order valence-corrected chi connectivity index (χ1v) is 16.7. The molecule has 6 fully saturated rings. The third-order valence-corrected chi connectivity index (χ3v) is 13.4. The molecule has 0 aromatic heterocycles. The number of aliphatic hydroxyl groups is 1. The van der Waals surface area contributed by atoms with Crippen molar-refractivity contribution in [2.24, 2.45) is 34.5 Å². The standard InChI is InChI=1S/C35H51NO9/c1-8-36-18-32(19-39-3)15-14-23(41-5)35-22-16-33(38)24(42-6)17-34(44-9-2,26(29(35)36)27(43-7)28(32)35)25(22)30(33)45-31(37)20-10-12-21(40-4)13-11-20/h10-13,22-30,38H,8-9,14-19H2,1-7H3/t22-,23+,24+,25-,26+,27+,28-,29-,30-,32+,33+,34-,35+/m1/s1. The second kappa shape index (κ2) is 11.1. The third-order valence-electron chi connectivity index (χ3n) is 13.4. The smallest absolute Gasteiger partial charge is 0.338 e. The monoisotopic (exact) mass is 629 g/mol. The highest BCUT2D eigenvalue weighted by atomic mass is 16.6. The maximum absolute atomic E-state index is 13.9. The second-order valence-corrected chi connectivity index (χ2v) is 14.5. The Bertz CT molecular complexity index is 1280. The number of ether oxygens (including phenoxy) is 7. The summed E-state index contributed by atoms with van der Waals surface area (Å²) in [4.78, 5) is 16.5. The number of methoxy groups -OCH3 is 5. The van der Waals surface area contributed by atoms with Crippen LogP contribution in [0.5, 0.6) is 5.75 Å². The van der Waals surface area contributed by atoms with Crippen LogP contribution in [0.25, 0.3) is 0 Å². The highest BCUT2D eigenvalue weighted by Crippen LogP contribution is 2.80. The van der Waals surface area contributed by atoms with Crippen molar-refractivity contribution in [2.75, 3.05) is 61.9 Å². The lowest BCUT2D eigenvalue weighted by molar-refractivity contribution is -0.293. The Balaban J connectivity index is 1.44. The van der Waals surface area contributed by atoms with Gasteiger partial charge in [0, 0.05) is 82.6 Å². The number of esters is 1. The van der Waals surface area contributed by atoms with Crippen LogP contribution < -0.4 is 4.74 Å². The van der Waals surface area contributed by atoms with Gasteiger partial charge in [0.2, 0.25) is 0 Å². The van der Waals surface area contributed by atoms with Crippen molar-refractivity contribution in [1.82, 2.24) is 4.90 Å². The van der Waals surface area contributed by atoms with Crippen LogP contribution in [0.15, 0.2) is 24.3 Å². The van der Waals surface area contributed by atoms with E-state index in [9.17, 15) is 9.90 Å². The van der Waals surface area contributed by atoms with E-state index < -0.39 is 29.4 Å². The second-order valence-electron chi connectivity index (χ2n) is 14.5. The molecule has 7 bridgehead atoms. The summed E-state index contributed by atoms with van der Waals surface area (Å²) in [6, 6.07) is 7.02. The minimum atomic E-state index is -1.39. The molecule has 5 aliphatic carbocycles. The van der Waals surface area contributed by atoms with E-state index >= 15 is 0 Å². The van der Waals surface area contributed by atoms with Crippen LogP contribution in [-0.2, 0) is 28.4 Å². The van der Waals surface area contributed by atoms with Crippen LogP contribution in [0.3, 0.4) is 0 Å². The Morgan fingerprint density at radius 2 is 1.71 bits per heavy atom. The number of fused-ring (bicyclic) bond motifs is 2. The summed E-state index contributed by atoms with van der Waals surface area (Å²) < 4.78 is 44.3. The molecule has 1 aliphatic heterocycles. The highest BCUT2D eigenvalue weighted by molar-refractivity contribution is 5.89. The van der Waals surface area contributed by atoms with Gasteiger partial charge in [-0.1, -0.05) is 6.92 Å². The van der Waals surface area contributed by atoms with Crippen molar-refractivity contribution in [3.05, 3.63) is 29.8 Å². The number of rotatable bonds is 11. The summed E-state index contributed by atoms with van der Waals surface area (Å²) >= 11 is 0. The fourth-order valence-corrected chi connectivity index (χ4v) is 12.5. The molecule has 250 valence electrons. The van der Waals surface area contributed by atoms with E-state index in [1.807, 2.05) is 21.1 Å². The summed E-state index contributed by atoms with van der Waals surface area (Å²) in [6.45, 7) is 7.19. The van der Waals surface area contributed by atoms with E-state index in [4.69, 9.17) is 33.2 Å². The van der Waals surface area contributed by atoms with Crippen LogP contribution >= 0.6 is 0 Å². The van der Waals surface area contributed by atoms with Crippen molar-refractivity contribution in [2.45, 2.75) is 81.2 Å². The average Bonchev–Trinajstić information content (AvgIpc) is 3.42. The van der Waals surface area contributed by atoms with Gasteiger partial charge >= 0.3 is 5.97 Å². The van der Waals surface area contributed by atoms with Gasteiger partial charge in [0.05, 0.1) is 43.2 Å². The number of carbonyl (C=O) groups is 1. The van der Waals surface area contributed by atoms with Crippen molar-refractivity contribution < 1.29 is 43.1 Å². The van der Waals surface area contributed by atoms with Gasteiger partial charge in [-0.05, 0) is 62.9 Å². The van der Waals surface area contributed by atoms with Crippen molar-refractivity contribution in [3.63, 3.8) is 0 Å². The molecule has 0 amide bonds. The van der Waals surface area contributed by atoms with Gasteiger partial charge in [-0.25, -0.2) is 4.79 Å². The molecule has 1 aromatic rings. The van der Waals surface area contributed by atoms with E-state index in [0.717, 1.165) is 25.9 Å². The predicted molar refractivity (Wildman–Crippen MR) is 164 cm³/mol. The lowest BCUT2D eigenvalue weighted by Gasteiger charge is -2.69. The average molecular weight is 630 g/mol. The minimum Gasteiger partial charge on any atom is -0.497 e. The zero-order chi connectivity index (χ0) is 31.9. The number of hydrogen-bond acceptors (Lipinski definition) is 10. The van der Waals surface area contributed by atoms with E-state index in [2.05, 4.69) is 11.8 Å². The molecule has 0 radical (unpaired) electrons. The molecule has 10 heteroatoms. The number of piperidine rings is 1. The third kappa shape index (κ3) is 3.85. The van der Waals surface area contributed by atoms with E-state index in [1.54, 1.807) is 45.6 Å². The van der Waals surface area contributed by atoms with Gasteiger partial charge < -0.3 is 38.3 Å². The normalized spacial score (nSPS) is 47.5. The molecule has 6 aliphatic rings. The first-order chi connectivity index (χ1) is 21.7. The predicted octanol–water partition coefficient (Wildman–Crippen LogP) is 3.19. The summed E-state index contributed by atoms with van der Waals surface area (Å²) in [5.41, 5.74) is -2.25. The summed E-state index contributed by atoms with van der Waals surface area (Å²) in [7, 11) is 8.72. The van der Waals surface area contributed by atoms with E-state index in [-0.39, 0.29) is 52.8 Å². The maximum atomic E-state index is 13.9. The zero-order valence-corrected chi connectivity index (χ0v) is 27.8. The summed E-state index contributed by atoms with van der Waals surface area (Å²) in [5.74, 6) is -0.0780. The molecule has 7 rings (SSSR count). The highest BCUT2D eigenvalue weighted by Gasteiger charge is 2.89. The fourth-order valence-electron chi connectivity index (χ4n) is 12.5. The van der Waals surface area contributed by atoms with Crippen molar-refractivity contribution in [1.29, 1.82) is 0 Å². The van der Waals surface area contributed by atoms with Gasteiger partial charge in [-0.15, -0.1) is 0 Å². The Morgan fingerprint density at radius 1 is 0.978 bits per heavy atom. The largest absolute Gasteiger partial charge is 0.497 e. The quantitative estimate of drug-likeness (QED) is 0.367. The molecular weight excluding hydrogens is 578 g/mol. The van der Waals surface area contributed by atoms with E-state index in [1.165, 1.54) is 0 Å². The van der Waals surface area contributed by atoms with Crippen LogP contribution in [0.4, 0.5) is 0 Å². The molecule has 5 saturated carbocycles. The van der Waals surface area contributed by atoms with Crippen LogP contribution in [0, 0.1) is 34.5 Å². The molecule has 1 spiro atoms. The van der Waals surface area contributed by atoms with Gasteiger partial charge in [0.1, 0.15) is 17.5 Å². The molecule has 0 unspecified atom stereocenters.